The van der Waals surface area contributed by atoms with Crippen molar-refractivity contribution in [3.63, 3.8) is 0 Å². The molecule has 0 aromatic heterocycles. The van der Waals surface area contributed by atoms with E-state index in [9.17, 15) is 4.79 Å². The molecule has 2 aromatic carbocycles. The van der Waals surface area contributed by atoms with E-state index in [-0.39, 0.29) is 11.2 Å². The lowest BCUT2D eigenvalue weighted by Crippen LogP contribution is -2.12. The number of anilines is 1. The van der Waals surface area contributed by atoms with E-state index in [2.05, 4.69) is 5.32 Å². The van der Waals surface area contributed by atoms with Crippen LogP contribution in [0.4, 0.5) is 5.69 Å². The van der Waals surface area contributed by atoms with Crippen molar-refractivity contribution >= 4 is 46.6 Å². The summed E-state index contributed by atoms with van der Waals surface area (Å²) in [7, 11) is 0. The summed E-state index contributed by atoms with van der Waals surface area (Å²) in [6.45, 7) is 0. The van der Waals surface area contributed by atoms with Gasteiger partial charge in [0.1, 0.15) is 0 Å². The monoisotopic (exact) mass is 323 g/mol. The predicted octanol–water partition coefficient (Wildman–Crippen LogP) is 5.17. The number of hydrogen-bond donors (Lipinski definition) is 1. The molecule has 0 radical (unpaired) electrons. The molecule has 1 aliphatic heterocycles. The number of rotatable bonds is 1. The lowest BCUT2D eigenvalue weighted by molar-refractivity contribution is -0.116. The van der Waals surface area contributed by atoms with Gasteiger partial charge in [0.05, 0.1) is 5.69 Å². The van der Waals surface area contributed by atoms with Crippen LogP contribution in [0.3, 0.4) is 0 Å². The molecule has 0 saturated carbocycles. The average molecular weight is 324 g/mol. The van der Waals surface area contributed by atoms with Gasteiger partial charge in [0.25, 0.3) is 0 Å². The first-order chi connectivity index (χ1) is 9.63. The maximum Gasteiger partial charge on any atom is 0.225 e. The molecule has 1 atom stereocenters. The number of thioether (sulfide) groups is 1. The molecule has 1 aliphatic rings. The van der Waals surface area contributed by atoms with Crippen LogP contribution >= 0.6 is 35.0 Å². The highest BCUT2D eigenvalue weighted by Crippen LogP contribution is 2.45. The number of benzene rings is 2. The summed E-state index contributed by atoms with van der Waals surface area (Å²) in [6, 6.07) is 13.2. The van der Waals surface area contributed by atoms with Gasteiger partial charge in [-0.3, -0.25) is 4.79 Å². The van der Waals surface area contributed by atoms with E-state index in [1.54, 1.807) is 23.9 Å². The van der Waals surface area contributed by atoms with Crippen LogP contribution < -0.4 is 5.32 Å². The zero-order valence-electron chi connectivity index (χ0n) is 10.4. The van der Waals surface area contributed by atoms with Crippen LogP contribution in [0.1, 0.15) is 17.2 Å². The largest absolute Gasteiger partial charge is 0.325 e. The second-order valence-corrected chi connectivity index (χ2v) is 6.61. The van der Waals surface area contributed by atoms with Crippen LogP contribution in [0.15, 0.2) is 47.4 Å². The Morgan fingerprint density at radius 1 is 1.15 bits per heavy atom. The van der Waals surface area contributed by atoms with Crippen molar-refractivity contribution in [3.05, 3.63) is 58.1 Å². The molecule has 0 fully saturated rings. The van der Waals surface area contributed by atoms with Gasteiger partial charge >= 0.3 is 0 Å². The zero-order valence-corrected chi connectivity index (χ0v) is 12.7. The Bertz CT molecular complexity index is 675. The van der Waals surface area contributed by atoms with Gasteiger partial charge in [-0.25, -0.2) is 0 Å². The van der Waals surface area contributed by atoms with Crippen LogP contribution in [0.2, 0.25) is 10.0 Å². The summed E-state index contributed by atoms with van der Waals surface area (Å²) in [6.07, 6.45) is 0.390. The van der Waals surface area contributed by atoms with E-state index < -0.39 is 0 Å². The summed E-state index contributed by atoms with van der Waals surface area (Å²) in [4.78, 5) is 13.1. The van der Waals surface area contributed by atoms with Crippen molar-refractivity contribution in [3.8, 4) is 0 Å². The quantitative estimate of drug-likeness (QED) is 0.784. The lowest BCUT2D eigenvalue weighted by Gasteiger charge is -2.15. The van der Waals surface area contributed by atoms with Gasteiger partial charge in [0.2, 0.25) is 5.91 Å². The van der Waals surface area contributed by atoms with Crippen molar-refractivity contribution in [2.75, 3.05) is 5.32 Å². The first-order valence-corrected chi connectivity index (χ1v) is 7.77. The number of hydrogen-bond acceptors (Lipinski definition) is 2. The van der Waals surface area contributed by atoms with Gasteiger partial charge in [0.15, 0.2) is 0 Å². The maximum absolute atomic E-state index is 12.0. The smallest absolute Gasteiger partial charge is 0.225 e. The summed E-state index contributed by atoms with van der Waals surface area (Å²) < 4.78 is 0. The number of fused-ring (bicyclic) bond motifs is 1. The van der Waals surface area contributed by atoms with Crippen molar-refractivity contribution in [2.45, 2.75) is 16.6 Å². The molecule has 3 rings (SSSR count). The van der Waals surface area contributed by atoms with Gasteiger partial charge in [0, 0.05) is 26.6 Å². The molecule has 0 bridgehead atoms. The highest BCUT2D eigenvalue weighted by molar-refractivity contribution is 7.99. The molecular weight excluding hydrogens is 313 g/mol. The molecule has 5 heteroatoms. The summed E-state index contributed by atoms with van der Waals surface area (Å²) in [5.41, 5.74) is 1.79. The third kappa shape index (κ3) is 2.80. The number of nitrogens with one attached hydrogen (secondary N) is 1. The Morgan fingerprint density at radius 2 is 1.95 bits per heavy atom. The topological polar surface area (TPSA) is 29.1 Å². The van der Waals surface area contributed by atoms with E-state index >= 15 is 0 Å². The number of halogens is 2. The Hall–Kier alpha value is -1.16. The molecule has 0 unspecified atom stereocenters. The highest BCUT2D eigenvalue weighted by Gasteiger charge is 2.24. The summed E-state index contributed by atoms with van der Waals surface area (Å²) in [5, 5.41) is 4.11. The van der Waals surface area contributed by atoms with Gasteiger partial charge in [-0.2, -0.15) is 0 Å². The minimum Gasteiger partial charge on any atom is -0.325 e. The van der Waals surface area contributed by atoms with E-state index in [0.717, 1.165) is 16.1 Å². The molecule has 1 heterocycles. The second-order valence-electron chi connectivity index (χ2n) is 4.52. The van der Waals surface area contributed by atoms with Gasteiger partial charge < -0.3 is 5.32 Å². The number of carbonyl (C=O) groups is 1. The summed E-state index contributed by atoms with van der Waals surface area (Å²) >= 11 is 13.8. The van der Waals surface area contributed by atoms with Crippen molar-refractivity contribution in [1.29, 1.82) is 0 Å². The highest BCUT2D eigenvalue weighted by atomic mass is 35.5. The molecular formula is C15H11Cl2NOS. The van der Waals surface area contributed by atoms with Crippen LogP contribution in [0, 0.1) is 0 Å². The Kier molecular flexibility index (Phi) is 3.92. The Labute approximate surface area is 131 Å². The van der Waals surface area contributed by atoms with Crippen molar-refractivity contribution in [2.24, 2.45) is 0 Å². The van der Waals surface area contributed by atoms with Gasteiger partial charge in [-0.1, -0.05) is 41.4 Å². The van der Waals surface area contributed by atoms with Gasteiger partial charge in [-0.15, -0.1) is 11.8 Å². The lowest BCUT2D eigenvalue weighted by atomic mass is 10.1. The van der Waals surface area contributed by atoms with E-state index in [4.69, 9.17) is 23.2 Å². The minimum absolute atomic E-state index is 0.00142. The predicted molar refractivity (Wildman–Crippen MR) is 84.7 cm³/mol. The molecule has 0 saturated heterocycles. The first kappa shape index (κ1) is 13.8. The second kappa shape index (κ2) is 5.68. The molecule has 20 heavy (non-hydrogen) atoms. The molecule has 2 aromatic rings. The van der Waals surface area contributed by atoms with E-state index in [1.807, 2.05) is 30.3 Å². The fraction of sp³-hybridized carbons (Fsp3) is 0.133. The van der Waals surface area contributed by atoms with E-state index in [0.29, 0.717) is 16.5 Å². The van der Waals surface area contributed by atoms with Crippen LogP contribution in [-0.4, -0.2) is 5.91 Å². The number of carbonyl (C=O) groups excluding carboxylic acids is 1. The number of para-hydroxylation sites is 1. The molecule has 1 amide bonds. The third-order valence-corrected chi connectivity index (χ3v) is 4.99. The summed E-state index contributed by atoms with van der Waals surface area (Å²) in [5.74, 6) is -0.00142. The normalized spacial score (nSPS) is 18.1. The standard InChI is InChI=1S/C15H11Cl2NOS/c16-9-5-6-10(11(17)7-9)14-8-15(19)18-12-3-1-2-4-13(12)20-14/h1-7,14H,8H2,(H,18,19)/t14-/m1/s1. The van der Waals surface area contributed by atoms with Gasteiger partial charge in [-0.05, 0) is 29.8 Å². The van der Waals surface area contributed by atoms with Crippen molar-refractivity contribution < 1.29 is 4.79 Å². The molecule has 2 nitrogen and oxygen atoms in total. The van der Waals surface area contributed by atoms with Crippen molar-refractivity contribution in [1.82, 2.24) is 0 Å². The molecule has 0 aliphatic carbocycles. The fourth-order valence-electron chi connectivity index (χ4n) is 2.17. The molecule has 102 valence electrons. The SMILES string of the molecule is O=C1C[C@H](c2ccc(Cl)cc2Cl)Sc2ccccc2N1. The van der Waals surface area contributed by atoms with Crippen LogP contribution in [-0.2, 0) is 4.79 Å². The first-order valence-electron chi connectivity index (χ1n) is 6.14. The molecule has 1 N–H and O–H groups in total. The van der Waals surface area contributed by atoms with Crippen LogP contribution in [0.5, 0.6) is 0 Å². The average Bonchev–Trinajstić information content (AvgIpc) is 2.56. The zero-order chi connectivity index (χ0) is 14.1. The Balaban J connectivity index is 2.00. The third-order valence-electron chi connectivity index (χ3n) is 3.11. The van der Waals surface area contributed by atoms with Crippen LogP contribution in [0.25, 0.3) is 0 Å². The minimum atomic E-state index is -0.0107. The number of amides is 1. The Morgan fingerprint density at radius 3 is 2.75 bits per heavy atom. The fourth-order valence-corrected chi connectivity index (χ4v) is 4.06. The molecule has 0 spiro atoms. The van der Waals surface area contributed by atoms with E-state index in [1.165, 1.54) is 0 Å². The maximum atomic E-state index is 12.0.